The number of benzene rings is 2. The zero-order valence-electron chi connectivity index (χ0n) is 15.7. The molecular weight excluding hydrogens is 326 g/mol. The first-order chi connectivity index (χ1) is 12.5. The van der Waals surface area contributed by atoms with E-state index >= 15 is 0 Å². The van der Waals surface area contributed by atoms with Gasteiger partial charge < -0.3 is 14.8 Å². The van der Waals surface area contributed by atoms with E-state index in [1.807, 2.05) is 48.5 Å². The van der Waals surface area contributed by atoms with Gasteiger partial charge in [0.25, 0.3) is 0 Å². The van der Waals surface area contributed by atoms with Crippen LogP contribution >= 0.6 is 0 Å². The van der Waals surface area contributed by atoms with E-state index < -0.39 is 0 Å². The predicted octanol–water partition coefficient (Wildman–Crippen LogP) is 4.39. The highest BCUT2D eigenvalue weighted by molar-refractivity contribution is 5.83. The molecule has 1 heterocycles. The number of carbonyl (C=O) groups is 1. The van der Waals surface area contributed by atoms with Crippen LogP contribution in [0.4, 0.5) is 0 Å². The first kappa shape index (κ1) is 18.3. The van der Waals surface area contributed by atoms with E-state index in [1.165, 1.54) is 0 Å². The van der Waals surface area contributed by atoms with Gasteiger partial charge in [-0.05, 0) is 29.7 Å². The van der Waals surface area contributed by atoms with Gasteiger partial charge in [-0.25, -0.2) is 0 Å². The molecule has 2 aromatic carbocycles. The molecule has 1 amide bonds. The molecule has 1 unspecified atom stereocenters. The van der Waals surface area contributed by atoms with Crippen molar-refractivity contribution in [2.24, 2.45) is 0 Å². The molecule has 0 saturated heterocycles. The second-order valence-corrected chi connectivity index (χ2v) is 7.42. The topological polar surface area (TPSA) is 47.6 Å². The number of ether oxygens (including phenoxy) is 2. The standard InChI is InChI=1S/C22H27NO3/c1-4-8-18(16-9-6-5-7-10-16)21(24)23-14-22(2,3)17-11-12-19-20(13-17)26-15-25-19/h5-7,9-13,18H,4,8,14-15H2,1-3H3,(H,23,24). The molecule has 0 aromatic heterocycles. The number of rotatable bonds is 7. The van der Waals surface area contributed by atoms with Crippen LogP contribution in [-0.2, 0) is 10.2 Å². The molecule has 2 aromatic rings. The van der Waals surface area contributed by atoms with E-state index in [2.05, 4.69) is 26.1 Å². The molecule has 0 radical (unpaired) electrons. The van der Waals surface area contributed by atoms with E-state index in [-0.39, 0.29) is 24.0 Å². The fourth-order valence-corrected chi connectivity index (χ4v) is 3.27. The minimum Gasteiger partial charge on any atom is -0.454 e. The first-order valence-corrected chi connectivity index (χ1v) is 9.24. The maximum Gasteiger partial charge on any atom is 0.231 e. The average molecular weight is 353 g/mol. The Morgan fingerprint density at radius 1 is 1.12 bits per heavy atom. The van der Waals surface area contributed by atoms with E-state index in [1.54, 1.807) is 0 Å². The fourth-order valence-electron chi connectivity index (χ4n) is 3.27. The first-order valence-electron chi connectivity index (χ1n) is 9.24. The molecule has 0 fully saturated rings. The molecule has 4 nitrogen and oxygen atoms in total. The minimum atomic E-state index is -0.204. The monoisotopic (exact) mass is 353 g/mol. The van der Waals surface area contributed by atoms with Crippen molar-refractivity contribution < 1.29 is 14.3 Å². The third-order valence-corrected chi connectivity index (χ3v) is 4.95. The Morgan fingerprint density at radius 2 is 1.85 bits per heavy atom. The molecule has 4 heteroatoms. The smallest absolute Gasteiger partial charge is 0.231 e. The van der Waals surface area contributed by atoms with E-state index in [4.69, 9.17) is 9.47 Å². The second-order valence-electron chi connectivity index (χ2n) is 7.42. The van der Waals surface area contributed by atoms with Crippen LogP contribution in [0.2, 0.25) is 0 Å². The Hall–Kier alpha value is -2.49. The summed E-state index contributed by atoms with van der Waals surface area (Å²) in [5, 5.41) is 3.16. The summed E-state index contributed by atoms with van der Waals surface area (Å²) >= 11 is 0. The lowest BCUT2D eigenvalue weighted by atomic mass is 9.84. The van der Waals surface area contributed by atoms with Crippen molar-refractivity contribution in [2.75, 3.05) is 13.3 Å². The summed E-state index contributed by atoms with van der Waals surface area (Å²) in [6.07, 6.45) is 1.82. The van der Waals surface area contributed by atoms with Crippen LogP contribution in [0.25, 0.3) is 0 Å². The van der Waals surface area contributed by atoms with Crippen LogP contribution < -0.4 is 14.8 Å². The SMILES string of the molecule is CCCC(C(=O)NCC(C)(C)c1ccc2c(c1)OCO2)c1ccccc1. The second kappa shape index (κ2) is 7.81. The van der Waals surface area contributed by atoms with E-state index in [0.717, 1.165) is 35.5 Å². The van der Waals surface area contributed by atoms with Gasteiger partial charge in [0.1, 0.15) is 0 Å². The summed E-state index contributed by atoms with van der Waals surface area (Å²) in [7, 11) is 0. The van der Waals surface area contributed by atoms with Crippen molar-refractivity contribution >= 4 is 5.91 Å². The third kappa shape index (κ3) is 4.01. The number of carbonyl (C=O) groups excluding carboxylic acids is 1. The molecule has 0 aliphatic carbocycles. The van der Waals surface area contributed by atoms with Gasteiger partial charge in [0, 0.05) is 12.0 Å². The Bertz CT molecular complexity index is 755. The number of nitrogens with one attached hydrogen (secondary N) is 1. The van der Waals surface area contributed by atoms with Gasteiger partial charge in [-0.3, -0.25) is 4.79 Å². The predicted molar refractivity (Wildman–Crippen MR) is 103 cm³/mol. The van der Waals surface area contributed by atoms with Crippen molar-refractivity contribution in [3.8, 4) is 11.5 Å². The van der Waals surface area contributed by atoms with Crippen LogP contribution in [0.15, 0.2) is 48.5 Å². The van der Waals surface area contributed by atoms with Gasteiger partial charge in [0.15, 0.2) is 11.5 Å². The quantitative estimate of drug-likeness (QED) is 0.803. The molecule has 0 spiro atoms. The molecular formula is C22H27NO3. The van der Waals surface area contributed by atoms with Gasteiger partial charge in [0.05, 0.1) is 5.92 Å². The molecule has 1 aliphatic rings. The summed E-state index contributed by atoms with van der Waals surface area (Å²) in [6.45, 7) is 7.20. The number of fused-ring (bicyclic) bond motifs is 1. The summed E-state index contributed by atoms with van der Waals surface area (Å²) in [5.74, 6) is 1.54. The number of hydrogen-bond donors (Lipinski definition) is 1. The van der Waals surface area contributed by atoms with Crippen molar-refractivity contribution in [3.63, 3.8) is 0 Å². The van der Waals surface area contributed by atoms with Gasteiger partial charge in [0.2, 0.25) is 12.7 Å². The Balaban J connectivity index is 1.68. The van der Waals surface area contributed by atoms with Crippen LogP contribution in [0.5, 0.6) is 11.5 Å². The number of hydrogen-bond acceptors (Lipinski definition) is 3. The molecule has 0 saturated carbocycles. The normalized spacial score (nSPS) is 14.1. The lowest BCUT2D eigenvalue weighted by Gasteiger charge is -2.27. The van der Waals surface area contributed by atoms with Crippen LogP contribution in [0, 0.1) is 0 Å². The van der Waals surface area contributed by atoms with Crippen molar-refractivity contribution in [2.45, 2.75) is 44.9 Å². The highest BCUT2D eigenvalue weighted by atomic mass is 16.7. The maximum absolute atomic E-state index is 12.8. The van der Waals surface area contributed by atoms with E-state index in [9.17, 15) is 4.79 Å². The summed E-state index contributed by atoms with van der Waals surface area (Å²) in [4.78, 5) is 12.8. The Labute approximate surface area is 155 Å². The minimum absolute atomic E-state index is 0.0897. The molecule has 0 bridgehead atoms. The van der Waals surface area contributed by atoms with Crippen molar-refractivity contribution in [1.82, 2.24) is 5.32 Å². The Morgan fingerprint density at radius 3 is 2.58 bits per heavy atom. The van der Waals surface area contributed by atoms with Crippen LogP contribution in [0.1, 0.15) is 50.7 Å². The lowest BCUT2D eigenvalue weighted by molar-refractivity contribution is -0.123. The highest BCUT2D eigenvalue weighted by Crippen LogP contribution is 2.36. The summed E-state index contributed by atoms with van der Waals surface area (Å²) in [6, 6.07) is 16.0. The van der Waals surface area contributed by atoms with Crippen molar-refractivity contribution in [3.05, 3.63) is 59.7 Å². The zero-order valence-corrected chi connectivity index (χ0v) is 15.7. The van der Waals surface area contributed by atoms with Gasteiger partial charge >= 0.3 is 0 Å². The maximum atomic E-state index is 12.8. The van der Waals surface area contributed by atoms with Crippen LogP contribution in [-0.4, -0.2) is 19.2 Å². The van der Waals surface area contributed by atoms with Gasteiger partial charge in [-0.2, -0.15) is 0 Å². The lowest BCUT2D eigenvalue weighted by Crippen LogP contribution is -2.39. The molecule has 3 rings (SSSR count). The fraction of sp³-hybridized carbons (Fsp3) is 0.409. The third-order valence-electron chi connectivity index (χ3n) is 4.95. The molecule has 1 aliphatic heterocycles. The molecule has 138 valence electrons. The summed E-state index contributed by atoms with van der Waals surface area (Å²) in [5.41, 5.74) is 1.99. The van der Waals surface area contributed by atoms with Gasteiger partial charge in [-0.1, -0.05) is 63.6 Å². The molecule has 1 atom stereocenters. The average Bonchev–Trinajstić information content (AvgIpc) is 3.13. The Kier molecular flexibility index (Phi) is 5.50. The summed E-state index contributed by atoms with van der Waals surface area (Å²) < 4.78 is 10.9. The molecule has 1 N–H and O–H groups in total. The van der Waals surface area contributed by atoms with Gasteiger partial charge in [-0.15, -0.1) is 0 Å². The zero-order chi connectivity index (χ0) is 18.6. The van der Waals surface area contributed by atoms with Crippen LogP contribution in [0.3, 0.4) is 0 Å². The number of amides is 1. The highest BCUT2D eigenvalue weighted by Gasteiger charge is 2.26. The largest absolute Gasteiger partial charge is 0.454 e. The van der Waals surface area contributed by atoms with E-state index in [0.29, 0.717) is 6.54 Å². The molecule has 26 heavy (non-hydrogen) atoms. The van der Waals surface area contributed by atoms with Crippen molar-refractivity contribution in [1.29, 1.82) is 0 Å².